The lowest BCUT2D eigenvalue weighted by Crippen LogP contribution is -2.41. The van der Waals surface area contributed by atoms with E-state index in [-0.39, 0.29) is 0 Å². The molecule has 0 bridgehead atoms. The second-order valence-electron chi connectivity index (χ2n) is 7.94. The third-order valence-corrected chi connectivity index (χ3v) is 5.35. The molecule has 4 aromatic rings. The number of benzene rings is 2. The minimum atomic E-state index is -5.82. The summed E-state index contributed by atoms with van der Waals surface area (Å²) in [5, 5.41) is 11.8. The molecule has 0 spiro atoms. The van der Waals surface area contributed by atoms with Crippen LogP contribution in [0.2, 0.25) is 0 Å². The van der Waals surface area contributed by atoms with Crippen LogP contribution < -0.4 is 15.5 Å². The molecule has 2 heterocycles. The van der Waals surface area contributed by atoms with Gasteiger partial charge in [-0.1, -0.05) is 30.3 Å². The van der Waals surface area contributed by atoms with Gasteiger partial charge in [-0.3, -0.25) is 10.4 Å². The van der Waals surface area contributed by atoms with E-state index in [1.807, 2.05) is 18.2 Å². The fourth-order valence-electron chi connectivity index (χ4n) is 3.17. The minimum Gasteiger partial charge on any atom is -0.426 e. The molecule has 0 aliphatic rings. The number of hydrogen-bond donors (Lipinski definition) is 2. The lowest BCUT2D eigenvalue weighted by molar-refractivity contribution is -0.360. The molecule has 0 saturated carbocycles. The average Bonchev–Trinajstić information content (AvgIpc) is 3.40. The summed E-state index contributed by atoms with van der Waals surface area (Å²) in [5.74, 6) is -0.270. The molecule has 0 unspecified atom stereocenters. The molecule has 0 saturated heterocycles. The molecule has 2 N–H and O–H groups in total. The Hall–Kier alpha value is -4.46. The van der Waals surface area contributed by atoms with Crippen LogP contribution in [-0.4, -0.2) is 49.9 Å². The van der Waals surface area contributed by atoms with Gasteiger partial charge in [0.05, 0.1) is 11.9 Å². The first-order valence-corrected chi connectivity index (χ1v) is 11.7. The zero-order valence-corrected chi connectivity index (χ0v) is 20.8. The maximum absolute atomic E-state index is 13.1. The summed E-state index contributed by atoms with van der Waals surface area (Å²) < 4.78 is 68.2. The number of thiocarbonyl (C=S) groups is 1. The van der Waals surface area contributed by atoms with E-state index in [1.165, 1.54) is 23.1 Å². The Labute approximate surface area is 224 Å². The van der Waals surface area contributed by atoms with Crippen LogP contribution in [0.3, 0.4) is 0 Å². The summed E-state index contributed by atoms with van der Waals surface area (Å²) in [7, 11) is 0. The average molecular weight is 562 g/mol. The van der Waals surface area contributed by atoms with Gasteiger partial charge in [0, 0.05) is 30.4 Å². The van der Waals surface area contributed by atoms with Crippen LogP contribution in [0, 0.1) is 0 Å². The number of pyridine rings is 1. The summed E-state index contributed by atoms with van der Waals surface area (Å²) >= 11 is 5.20. The van der Waals surface area contributed by atoms with Crippen LogP contribution in [0.5, 0.6) is 5.75 Å². The molecule has 14 heteroatoms. The van der Waals surface area contributed by atoms with E-state index < -0.39 is 18.0 Å². The van der Waals surface area contributed by atoms with Crippen LogP contribution >= 0.6 is 12.2 Å². The van der Waals surface area contributed by atoms with E-state index in [1.54, 1.807) is 36.7 Å². The normalized spacial score (nSPS) is 11.9. The van der Waals surface area contributed by atoms with E-state index in [4.69, 9.17) is 12.2 Å². The molecule has 39 heavy (non-hydrogen) atoms. The number of hydrazone groups is 1. The van der Waals surface area contributed by atoms with Crippen molar-refractivity contribution in [1.29, 1.82) is 0 Å². The second kappa shape index (κ2) is 11.9. The zero-order chi connectivity index (χ0) is 27.9. The third-order valence-electron chi connectivity index (χ3n) is 5.11. The van der Waals surface area contributed by atoms with E-state index in [2.05, 4.69) is 35.6 Å². The topological polar surface area (TPSA) is 89.2 Å². The van der Waals surface area contributed by atoms with Crippen molar-refractivity contribution < 1.29 is 26.7 Å². The fourth-order valence-corrected chi connectivity index (χ4v) is 3.32. The Morgan fingerprint density at radius 3 is 2.38 bits per heavy atom. The van der Waals surface area contributed by atoms with Gasteiger partial charge in [-0.05, 0) is 54.2 Å². The number of halogens is 5. The van der Waals surface area contributed by atoms with Crippen molar-refractivity contribution >= 4 is 23.5 Å². The molecule has 0 aliphatic heterocycles. The number of rotatable bonds is 9. The number of ether oxygens (including phenoxy) is 1. The number of hydrogen-bond acceptors (Lipinski definition) is 6. The molecule has 8 nitrogen and oxygen atoms in total. The highest BCUT2D eigenvalue weighted by atomic mass is 32.1. The molecule has 0 radical (unpaired) electrons. The highest BCUT2D eigenvalue weighted by Crippen LogP contribution is 2.37. The standard InChI is InChI=1S/C25H20F5N7OS/c26-24(27,28)25(29,30)38-21-10-8-20(9-11-21)37-16-33-22(36-37)18-6-4-17(5-7-18)15-34-35-23(39)32-14-12-19-3-1-2-13-31-19/h1-11,13,15-16H,12,14H2,(H2,32,35,39). The number of alkyl halides is 5. The summed E-state index contributed by atoms with van der Waals surface area (Å²) in [4.78, 5) is 8.46. The summed E-state index contributed by atoms with van der Waals surface area (Å²) in [6, 6.07) is 17.4. The van der Waals surface area contributed by atoms with E-state index in [0.717, 1.165) is 29.8 Å². The molecule has 0 amide bonds. The van der Waals surface area contributed by atoms with Gasteiger partial charge in [-0.2, -0.15) is 27.1 Å². The monoisotopic (exact) mass is 561 g/mol. The second-order valence-corrected chi connectivity index (χ2v) is 8.35. The Balaban J connectivity index is 1.29. The molecule has 0 fully saturated rings. The van der Waals surface area contributed by atoms with Crippen molar-refractivity contribution in [2.45, 2.75) is 18.7 Å². The summed E-state index contributed by atoms with van der Waals surface area (Å²) in [6.45, 7) is 0.610. The molecular weight excluding hydrogens is 541 g/mol. The van der Waals surface area contributed by atoms with Gasteiger partial charge < -0.3 is 10.1 Å². The molecule has 202 valence electrons. The Kier molecular flexibility index (Phi) is 8.44. The summed E-state index contributed by atoms with van der Waals surface area (Å²) in [5.41, 5.74) is 5.56. The molecular formula is C25H20F5N7OS. The molecule has 4 rings (SSSR count). The number of aromatic nitrogens is 4. The first-order chi connectivity index (χ1) is 18.6. The van der Waals surface area contributed by atoms with Crippen LogP contribution in [0.25, 0.3) is 17.1 Å². The first-order valence-electron chi connectivity index (χ1n) is 11.3. The maximum atomic E-state index is 13.1. The lowest BCUT2D eigenvalue weighted by Gasteiger charge is -2.20. The van der Waals surface area contributed by atoms with Gasteiger partial charge in [0.15, 0.2) is 10.9 Å². The lowest BCUT2D eigenvalue weighted by atomic mass is 10.1. The minimum absolute atomic E-state index is 0.374. The van der Waals surface area contributed by atoms with Crippen molar-refractivity contribution in [3.05, 3.63) is 90.5 Å². The largest absolute Gasteiger partial charge is 0.499 e. The molecule has 2 aromatic carbocycles. The SMILES string of the molecule is FC(F)(F)C(F)(F)Oc1ccc(-n2cnc(-c3ccc(C=NNC(=S)NCCc4ccccn4)cc3)n2)cc1. The van der Waals surface area contributed by atoms with Gasteiger partial charge in [0.25, 0.3) is 0 Å². The van der Waals surface area contributed by atoms with E-state index >= 15 is 0 Å². The smallest absolute Gasteiger partial charge is 0.426 e. The first kappa shape index (κ1) is 27.6. The summed E-state index contributed by atoms with van der Waals surface area (Å²) in [6.07, 6.45) is -5.69. The molecule has 0 aliphatic carbocycles. The highest BCUT2D eigenvalue weighted by Gasteiger charge is 2.61. The van der Waals surface area contributed by atoms with E-state index in [9.17, 15) is 22.0 Å². The predicted octanol–water partition coefficient (Wildman–Crippen LogP) is 4.90. The quantitative estimate of drug-likeness (QED) is 0.130. The third kappa shape index (κ3) is 7.54. The van der Waals surface area contributed by atoms with Gasteiger partial charge in [-0.25, -0.2) is 9.67 Å². The van der Waals surface area contributed by atoms with E-state index in [0.29, 0.717) is 28.7 Å². The Morgan fingerprint density at radius 2 is 1.72 bits per heavy atom. The van der Waals surface area contributed by atoms with Crippen LogP contribution in [0.15, 0.2) is 84.4 Å². The highest BCUT2D eigenvalue weighted by molar-refractivity contribution is 7.80. The van der Waals surface area contributed by atoms with Gasteiger partial charge in [-0.15, -0.1) is 5.10 Å². The van der Waals surface area contributed by atoms with Crippen LogP contribution in [0.4, 0.5) is 22.0 Å². The maximum Gasteiger partial charge on any atom is 0.499 e. The number of nitrogens with one attached hydrogen (secondary N) is 2. The zero-order valence-electron chi connectivity index (χ0n) is 19.9. The fraction of sp³-hybridized carbons (Fsp3) is 0.160. The predicted molar refractivity (Wildman–Crippen MR) is 138 cm³/mol. The van der Waals surface area contributed by atoms with Gasteiger partial charge in [0.1, 0.15) is 12.1 Å². The van der Waals surface area contributed by atoms with Gasteiger partial charge in [0.2, 0.25) is 0 Å². The molecule has 0 atom stereocenters. The number of nitrogens with zero attached hydrogens (tertiary/aromatic N) is 5. The van der Waals surface area contributed by atoms with Gasteiger partial charge >= 0.3 is 12.3 Å². The Morgan fingerprint density at radius 1 is 0.974 bits per heavy atom. The van der Waals surface area contributed by atoms with Crippen LogP contribution in [0.1, 0.15) is 11.3 Å². The Bertz CT molecular complexity index is 1410. The van der Waals surface area contributed by atoms with Crippen LogP contribution in [-0.2, 0) is 6.42 Å². The van der Waals surface area contributed by atoms with Crippen molar-refractivity contribution in [1.82, 2.24) is 30.5 Å². The van der Waals surface area contributed by atoms with Crippen molar-refractivity contribution in [3.8, 4) is 22.8 Å². The van der Waals surface area contributed by atoms with Crippen molar-refractivity contribution in [2.24, 2.45) is 5.10 Å². The molecule has 2 aromatic heterocycles. The van der Waals surface area contributed by atoms with Crippen molar-refractivity contribution in [2.75, 3.05) is 6.54 Å². The van der Waals surface area contributed by atoms with Crippen molar-refractivity contribution in [3.63, 3.8) is 0 Å².